The predicted molar refractivity (Wildman–Crippen MR) is 73.6 cm³/mol. The molecule has 0 radical (unpaired) electrons. The molecule has 1 aromatic heterocycles. The van der Waals surface area contributed by atoms with Crippen molar-refractivity contribution in [3.05, 3.63) is 23.7 Å². The summed E-state index contributed by atoms with van der Waals surface area (Å²) in [6.45, 7) is 0.610. The quantitative estimate of drug-likeness (QED) is 0.863. The molecule has 106 valence electrons. The van der Waals surface area contributed by atoms with Gasteiger partial charge in [0.05, 0.1) is 6.54 Å². The van der Waals surface area contributed by atoms with Gasteiger partial charge in [0.2, 0.25) is 0 Å². The first-order valence-corrected chi connectivity index (χ1v) is 8.91. The lowest BCUT2D eigenvalue weighted by Gasteiger charge is -2.33. The summed E-state index contributed by atoms with van der Waals surface area (Å²) >= 11 is 1.53. The molecule has 2 rings (SSSR count). The molecule has 1 aliphatic heterocycles. The maximum Gasteiger partial charge on any atom is 0.290 e. The van der Waals surface area contributed by atoms with Crippen LogP contribution in [0.25, 0.3) is 0 Å². The van der Waals surface area contributed by atoms with Crippen molar-refractivity contribution in [2.45, 2.75) is 11.9 Å². The molecule has 1 atom stereocenters. The first-order valence-electron chi connectivity index (χ1n) is 5.80. The van der Waals surface area contributed by atoms with E-state index < -0.39 is 21.1 Å². The van der Waals surface area contributed by atoms with Gasteiger partial charge in [0, 0.05) is 24.3 Å². The molecule has 0 bridgehead atoms. The first-order chi connectivity index (χ1) is 8.93. The van der Waals surface area contributed by atoms with E-state index in [9.17, 15) is 13.2 Å². The third-order valence-corrected chi connectivity index (χ3v) is 5.56. The fraction of sp³-hybridized carbons (Fsp3) is 0.545. The van der Waals surface area contributed by atoms with Crippen LogP contribution in [0.4, 0.5) is 0 Å². The summed E-state index contributed by atoms with van der Waals surface area (Å²) < 4.78 is 28.8. The second-order valence-corrected chi connectivity index (χ2v) is 7.68. The fourth-order valence-corrected chi connectivity index (χ4v) is 4.73. The molecule has 1 saturated heterocycles. The van der Waals surface area contributed by atoms with E-state index in [1.807, 2.05) is 0 Å². The molecular weight excluding hydrogens is 288 g/mol. The highest BCUT2D eigenvalue weighted by Gasteiger charge is 2.35. The number of rotatable bonds is 3. The van der Waals surface area contributed by atoms with Gasteiger partial charge in [0.25, 0.3) is 5.91 Å². The summed E-state index contributed by atoms with van der Waals surface area (Å²) in [4.78, 5) is 13.7. The van der Waals surface area contributed by atoms with E-state index in [2.05, 4.69) is 0 Å². The highest BCUT2D eigenvalue weighted by atomic mass is 32.2. The highest BCUT2D eigenvalue weighted by Crippen LogP contribution is 2.23. The Kier molecular flexibility index (Phi) is 4.22. The maximum absolute atomic E-state index is 12.3. The maximum atomic E-state index is 12.3. The Morgan fingerprint density at radius 1 is 1.58 bits per heavy atom. The molecule has 1 aromatic rings. The molecule has 8 heteroatoms. The Morgan fingerprint density at radius 2 is 2.32 bits per heavy atom. The summed E-state index contributed by atoms with van der Waals surface area (Å²) in [6.07, 6.45) is 1.15. The number of furan rings is 1. The smallest absolute Gasteiger partial charge is 0.290 e. The van der Waals surface area contributed by atoms with E-state index in [0.717, 1.165) is 12.0 Å². The molecule has 1 unspecified atom stereocenters. The minimum Gasteiger partial charge on any atom is -0.455 e. The van der Waals surface area contributed by atoms with Crippen LogP contribution in [0.2, 0.25) is 0 Å². The highest BCUT2D eigenvalue weighted by molar-refractivity contribution is 8.00. The number of carbonyl (C=O) groups excluding carboxylic acids is 1. The van der Waals surface area contributed by atoms with Crippen molar-refractivity contribution in [2.75, 3.05) is 24.3 Å². The fourth-order valence-electron chi connectivity index (χ4n) is 1.91. The topological polar surface area (TPSA) is 93.6 Å². The lowest BCUT2D eigenvalue weighted by molar-refractivity contribution is 0.0715. The number of hydrogen-bond donors (Lipinski definition) is 1. The van der Waals surface area contributed by atoms with Gasteiger partial charge in [-0.15, -0.1) is 0 Å². The van der Waals surface area contributed by atoms with Crippen LogP contribution in [0, 0.1) is 0 Å². The predicted octanol–water partition coefficient (Wildman–Crippen LogP) is 0.298. The van der Waals surface area contributed by atoms with Crippen molar-refractivity contribution >= 4 is 27.5 Å². The van der Waals surface area contributed by atoms with E-state index in [1.54, 1.807) is 6.07 Å². The normalized spacial score (nSPS) is 20.5. The van der Waals surface area contributed by atoms with Gasteiger partial charge >= 0.3 is 0 Å². The van der Waals surface area contributed by atoms with Crippen LogP contribution >= 0.6 is 11.8 Å². The Balaban J connectivity index is 2.25. The van der Waals surface area contributed by atoms with Gasteiger partial charge in [-0.1, -0.05) is 0 Å². The van der Waals surface area contributed by atoms with Crippen LogP contribution in [0.15, 0.2) is 16.5 Å². The van der Waals surface area contributed by atoms with E-state index >= 15 is 0 Å². The average molecular weight is 304 g/mol. The standard InChI is InChI=1S/C11H16N2O4S2/c1-19(15,16)10-7-18-5-4-13(10)11(14)9-3-2-8(6-12)17-9/h2-3,10H,4-7,12H2,1H3. The van der Waals surface area contributed by atoms with Gasteiger partial charge in [0.15, 0.2) is 15.6 Å². The second kappa shape index (κ2) is 5.56. The lowest BCUT2D eigenvalue weighted by Crippen LogP contribution is -2.49. The van der Waals surface area contributed by atoms with E-state index in [1.165, 1.54) is 22.7 Å². The Bertz CT molecular complexity index is 567. The summed E-state index contributed by atoms with van der Waals surface area (Å²) in [5, 5.41) is -0.787. The van der Waals surface area contributed by atoms with Crippen LogP contribution in [0.1, 0.15) is 16.3 Å². The Morgan fingerprint density at radius 3 is 2.89 bits per heavy atom. The SMILES string of the molecule is CS(=O)(=O)C1CSCCN1C(=O)c1ccc(CN)o1. The first kappa shape index (κ1) is 14.4. The number of hydrogen-bond acceptors (Lipinski definition) is 6. The van der Waals surface area contributed by atoms with Crippen LogP contribution in [0.3, 0.4) is 0 Å². The van der Waals surface area contributed by atoms with Crippen LogP contribution in [-0.2, 0) is 16.4 Å². The molecule has 1 aliphatic rings. The third-order valence-electron chi connectivity index (χ3n) is 2.91. The molecule has 0 saturated carbocycles. The van der Waals surface area contributed by atoms with E-state index in [0.29, 0.717) is 18.1 Å². The number of amides is 1. The van der Waals surface area contributed by atoms with Gasteiger partial charge in [0.1, 0.15) is 11.1 Å². The van der Waals surface area contributed by atoms with Crippen molar-refractivity contribution in [1.82, 2.24) is 4.90 Å². The molecule has 1 amide bonds. The molecule has 6 nitrogen and oxygen atoms in total. The van der Waals surface area contributed by atoms with E-state index in [-0.39, 0.29) is 12.3 Å². The molecule has 0 aromatic carbocycles. The van der Waals surface area contributed by atoms with Gasteiger partial charge < -0.3 is 15.1 Å². The van der Waals surface area contributed by atoms with Crippen molar-refractivity contribution in [3.63, 3.8) is 0 Å². The molecule has 2 heterocycles. The summed E-state index contributed by atoms with van der Waals surface area (Å²) in [5.74, 6) is 1.37. The third kappa shape index (κ3) is 3.13. The molecular formula is C11H16N2O4S2. The summed E-state index contributed by atoms with van der Waals surface area (Å²) in [7, 11) is -3.31. The molecule has 2 N–H and O–H groups in total. The van der Waals surface area contributed by atoms with E-state index in [4.69, 9.17) is 10.2 Å². The summed E-state index contributed by atoms with van der Waals surface area (Å²) in [6, 6.07) is 3.16. The number of nitrogens with zero attached hydrogens (tertiary/aromatic N) is 1. The van der Waals surface area contributed by atoms with Gasteiger partial charge in [-0.05, 0) is 12.1 Å². The van der Waals surface area contributed by atoms with Gasteiger partial charge in [-0.25, -0.2) is 8.42 Å². The van der Waals surface area contributed by atoms with Crippen LogP contribution in [0.5, 0.6) is 0 Å². The zero-order valence-corrected chi connectivity index (χ0v) is 12.2. The molecule has 0 spiro atoms. The van der Waals surface area contributed by atoms with Crippen molar-refractivity contribution in [1.29, 1.82) is 0 Å². The van der Waals surface area contributed by atoms with Crippen molar-refractivity contribution in [2.24, 2.45) is 5.73 Å². The van der Waals surface area contributed by atoms with Crippen molar-refractivity contribution in [3.8, 4) is 0 Å². The van der Waals surface area contributed by atoms with Crippen molar-refractivity contribution < 1.29 is 17.6 Å². The van der Waals surface area contributed by atoms with Gasteiger partial charge in [-0.2, -0.15) is 11.8 Å². The number of carbonyl (C=O) groups is 1. The second-order valence-electron chi connectivity index (χ2n) is 4.33. The number of sulfone groups is 1. The summed E-state index contributed by atoms with van der Waals surface area (Å²) in [5.41, 5.74) is 5.42. The van der Waals surface area contributed by atoms with Crippen LogP contribution < -0.4 is 5.73 Å². The number of nitrogens with two attached hydrogens (primary N) is 1. The van der Waals surface area contributed by atoms with Gasteiger partial charge in [-0.3, -0.25) is 4.79 Å². The number of thioether (sulfide) groups is 1. The zero-order chi connectivity index (χ0) is 14.0. The average Bonchev–Trinajstić information content (AvgIpc) is 2.85. The molecule has 0 aliphatic carbocycles. The van der Waals surface area contributed by atoms with Crippen LogP contribution in [-0.4, -0.2) is 48.9 Å². The molecule has 19 heavy (non-hydrogen) atoms. The Labute approximate surface area is 116 Å². The monoisotopic (exact) mass is 304 g/mol. The lowest BCUT2D eigenvalue weighted by atomic mass is 10.3. The molecule has 1 fully saturated rings. The zero-order valence-electron chi connectivity index (χ0n) is 10.5. The minimum atomic E-state index is -3.31. The minimum absolute atomic E-state index is 0.140. The Hall–Kier alpha value is -0.990. The largest absolute Gasteiger partial charge is 0.455 e.